The summed E-state index contributed by atoms with van der Waals surface area (Å²) in [4.78, 5) is 13.4. The number of carboxylic acids is 1. The summed E-state index contributed by atoms with van der Waals surface area (Å²) in [7, 11) is -2.31. The Balaban J connectivity index is 2.33. The summed E-state index contributed by atoms with van der Waals surface area (Å²) in [5.41, 5.74) is 0.577. The molecule has 0 aliphatic carbocycles. The molecule has 1 atom stereocenters. The average molecular weight is 342 g/mol. The van der Waals surface area contributed by atoms with E-state index in [0.717, 1.165) is 25.9 Å². The van der Waals surface area contributed by atoms with Crippen molar-refractivity contribution < 1.29 is 23.1 Å². The maximum absolute atomic E-state index is 12.4. The molecular weight excluding hydrogens is 320 g/mol. The molecular formula is C15H22N2O5S. The van der Waals surface area contributed by atoms with Crippen LogP contribution >= 0.6 is 0 Å². The van der Waals surface area contributed by atoms with Crippen LogP contribution in [-0.4, -0.2) is 52.3 Å². The zero-order valence-electron chi connectivity index (χ0n) is 13.3. The van der Waals surface area contributed by atoms with Crippen molar-refractivity contribution in [3.63, 3.8) is 0 Å². The lowest BCUT2D eigenvalue weighted by Crippen LogP contribution is -2.35. The van der Waals surface area contributed by atoms with Crippen LogP contribution in [-0.2, 0) is 14.8 Å². The number of anilines is 1. The van der Waals surface area contributed by atoms with Gasteiger partial charge in [0.1, 0.15) is 0 Å². The van der Waals surface area contributed by atoms with E-state index >= 15 is 0 Å². The molecule has 2 rings (SSSR count). The minimum atomic E-state index is -3.79. The van der Waals surface area contributed by atoms with Gasteiger partial charge in [0.25, 0.3) is 0 Å². The van der Waals surface area contributed by atoms with Gasteiger partial charge in [0.2, 0.25) is 10.0 Å². The summed E-state index contributed by atoms with van der Waals surface area (Å²) in [5.74, 6) is -1.13. The minimum Gasteiger partial charge on any atom is -0.478 e. The lowest BCUT2D eigenvalue weighted by atomic mass is 10.1. The molecule has 0 bridgehead atoms. The summed E-state index contributed by atoms with van der Waals surface area (Å²) < 4.78 is 32.1. The molecule has 0 unspecified atom stereocenters. The Morgan fingerprint density at radius 3 is 2.61 bits per heavy atom. The number of methoxy groups -OCH3 is 1. The van der Waals surface area contributed by atoms with Gasteiger partial charge in [0, 0.05) is 26.2 Å². The van der Waals surface area contributed by atoms with E-state index in [1.807, 2.05) is 4.90 Å². The molecule has 8 heteroatoms. The number of nitrogens with one attached hydrogen (secondary N) is 1. The zero-order valence-corrected chi connectivity index (χ0v) is 14.1. The molecule has 2 N–H and O–H groups in total. The van der Waals surface area contributed by atoms with E-state index in [1.54, 1.807) is 13.0 Å². The predicted octanol–water partition coefficient (Wildman–Crippen LogP) is 1.30. The Hall–Kier alpha value is -1.64. The van der Waals surface area contributed by atoms with Crippen LogP contribution in [0.3, 0.4) is 0 Å². The summed E-state index contributed by atoms with van der Waals surface area (Å²) in [5, 5.41) is 9.42. The fourth-order valence-corrected chi connectivity index (χ4v) is 3.96. The molecule has 1 heterocycles. The fourth-order valence-electron chi connectivity index (χ4n) is 2.70. The highest BCUT2D eigenvalue weighted by Gasteiger charge is 2.24. The van der Waals surface area contributed by atoms with Gasteiger partial charge in [0.15, 0.2) is 0 Å². The summed E-state index contributed by atoms with van der Waals surface area (Å²) in [6.07, 6.45) is 2.02. The first-order valence-electron chi connectivity index (χ1n) is 7.48. The Labute approximate surface area is 136 Å². The van der Waals surface area contributed by atoms with Gasteiger partial charge in [-0.25, -0.2) is 17.9 Å². The maximum atomic E-state index is 12.4. The van der Waals surface area contributed by atoms with Crippen molar-refractivity contribution in [1.29, 1.82) is 0 Å². The van der Waals surface area contributed by atoms with Gasteiger partial charge in [0.05, 0.1) is 22.8 Å². The van der Waals surface area contributed by atoms with Crippen molar-refractivity contribution in [2.24, 2.45) is 0 Å². The van der Waals surface area contributed by atoms with Crippen molar-refractivity contribution >= 4 is 21.7 Å². The second-order valence-corrected chi connectivity index (χ2v) is 7.37. The molecule has 1 aliphatic rings. The molecule has 0 spiro atoms. The molecule has 1 aromatic carbocycles. The van der Waals surface area contributed by atoms with Crippen molar-refractivity contribution in [1.82, 2.24) is 4.72 Å². The van der Waals surface area contributed by atoms with Crippen molar-refractivity contribution in [2.75, 3.05) is 31.7 Å². The Morgan fingerprint density at radius 2 is 2.04 bits per heavy atom. The topological polar surface area (TPSA) is 95.9 Å². The van der Waals surface area contributed by atoms with E-state index in [2.05, 4.69) is 4.72 Å². The normalized spacial score (nSPS) is 16.5. The third-order valence-electron chi connectivity index (χ3n) is 3.73. The zero-order chi connectivity index (χ0) is 17.0. The Bertz CT molecular complexity index is 668. The van der Waals surface area contributed by atoms with E-state index < -0.39 is 22.0 Å². The lowest BCUT2D eigenvalue weighted by Gasteiger charge is -2.21. The van der Waals surface area contributed by atoms with Crippen LogP contribution in [0.5, 0.6) is 0 Å². The number of ether oxygens (including phenoxy) is 1. The number of carbonyl (C=O) groups is 1. The third-order valence-corrected chi connectivity index (χ3v) is 5.32. The molecule has 1 aromatic rings. The van der Waals surface area contributed by atoms with Crippen LogP contribution in [0.1, 0.15) is 30.1 Å². The largest absolute Gasteiger partial charge is 0.478 e. The lowest BCUT2D eigenvalue weighted by molar-refractivity contribution is 0.0697. The second kappa shape index (κ2) is 7.29. The SMILES string of the molecule is COC[C@H](C)NS(=O)(=O)c1ccc(N2CCCC2)c(C(=O)O)c1. The first-order valence-corrected chi connectivity index (χ1v) is 8.97. The van der Waals surface area contributed by atoms with Gasteiger partial charge in [-0.15, -0.1) is 0 Å². The molecule has 0 amide bonds. The van der Waals surface area contributed by atoms with E-state index in [0.29, 0.717) is 5.69 Å². The molecule has 0 saturated carbocycles. The minimum absolute atomic E-state index is 0.00849. The van der Waals surface area contributed by atoms with Gasteiger partial charge in [-0.2, -0.15) is 0 Å². The van der Waals surface area contributed by atoms with Crippen molar-refractivity contribution in [3.8, 4) is 0 Å². The number of benzene rings is 1. The van der Waals surface area contributed by atoms with Crippen molar-refractivity contribution in [2.45, 2.75) is 30.7 Å². The van der Waals surface area contributed by atoms with E-state index in [4.69, 9.17) is 4.74 Å². The van der Waals surface area contributed by atoms with Crippen LogP contribution in [0.2, 0.25) is 0 Å². The monoisotopic (exact) mass is 342 g/mol. The van der Waals surface area contributed by atoms with Crippen LogP contribution < -0.4 is 9.62 Å². The van der Waals surface area contributed by atoms with E-state index in [9.17, 15) is 18.3 Å². The number of aromatic carboxylic acids is 1. The van der Waals surface area contributed by atoms with Gasteiger partial charge >= 0.3 is 5.97 Å². The third kappa shape index (κ3) is 4.21. The highest BCUT2D eigenvalue weighted by atomic mass is 32.2. The van der Waals surface area contributed by atoms with E-state index in [1.165, 1.54) is 19.2 Å². The van der Waals surface area contributed by atoms with Crippen LogP contribution in [0.4, 0.5) is 5.69 Å². The molecule has 1 saturated heterocycles. The van der Waals surface area contributed by atoms with Gasteiger partial charge in [-0.3, -0.25) is 0 Å². The first-order chi connectivity index (χ1) is 10.8. The highest BCUT2D eigenvalue weighted by molar-refractivity contribution is 7.89. The maximum Gasteiger partial charge on any atom is 0.337 e. The molecule has 7 nitrogen and oxygen atoms in total. The fraction of sp³-hybridized carbons (Fsp3) is 0.533. The second-order valence-electron chi connectivity index (χ2n) is 5.66. The molecule has 128 valence electrons. The molecule has 1 aliphatic heterocycles. The summed E-state index contributed by atoms with van der Waals surface area (Å²) in [6.45, 7) is 3.49. The highest BCUT2D eigenvalue weighted by Crippen LogP contribution is 2.27. The van der Waals surface area contributed by atoms with Crippen LogP contribution in [0.15, 0.2) is 23.1 Å². The number of carboxylic acid groups (broad SMARTS) is 1. The van der Waals surface area contributed by atoms with Gasteiger partial charge in [-0.1, -0.05) is 0 Å². The Morgan fingerprint density at radius 1 is 1.39 bits per heavy atom. The van der Waals surface area contributed by atoms with Crippen LogP contribution in [0.25, 0.3) is 0 Å². The van der Waals surface area contributed by atoms with E-state index in [-0.39, 0.29) is 17.1 Å². The van der Waals surface area contributed by atoms with Gasteiger partial charge in [-0.05, 0) is 38.0 Å². The molecule has 0 aromatic heterocycles. The predicted molar refractivity (Wildman–Crippen MR) is 86.5 cm³/mol. The summed E-state index contributed by atoms with van der Waals surface area (Å²) in [6, 6.07) is 3.83. The number of rotatable bonds is 7. The van der Waals surface area contributed by atoms with Gasteiger partial charge < -0.3 is 14.7 Å². The number of sulfonamides is 1. The van der Waals surface area contributed by atoms with Crippen molar-refractivity contribution in [3.05, 3.63) is 23.8 Å². The molecule has 0 radical (unpaired) electrons. The Kier molecular flexibility index (Phi) is 5.61. The van der Waals surface area contributed by atoms with Crippen LogP contribution in [0, 0.1) is 0 Å². The smallest absolute Gasteiger partial charge is 0.337 e. The number of hydrogen-bond acceptors (Lipinski definition) is 5. The summed E-state index contributed by atoms with van der Waals surface area (Å²) >= 11 is 0. The molecule has 1 fully saturated rings. The standard InChI is InChI=1S/C15H22N2O5S/c1-11(10-22-2)16-23(20,21)12-5-6-14(13(9-12)15(18)19)17-7-3-4-8-17/h5-6,9,11,16H,3-4,7-8,10H2,1-2H3,(H,18,19)/t11-/m0/s1. The number of nitrogens with zero attached hydrogens (tertiary/aromatic N) is 1. The number of hydrogen-bond donors (Lipinski definition) is 2. The first kappa shape index (κ1) is 17.7. The molecule has 23 heavy (non-hydrogen) atoms. The average Bonchev–Trinajstić information content (AvgIpc) is 3.00. The quantitative estimate of drug-likeness (QED) is 0.775.